The van der Waals surface area contributed by atoms with Crippen LogP contribution in [0, 0.1) is 0 Å². The van der Waals surface area contributed by atoms with Crippen LogP contribution in [0.5, 0.6) is 0 Å². The molecule has 28 heavy (non-hydrogen) atoms. The molecule has 2 N–H and O–H groups in total. The molecule has 0 atom stereocenters. The molecule has 0 spiro atoms. The Labute approximate surface area is 175 Å². The van der Waals surface area contributed by atoms with Crippen LogP contribution >= 0.6 is 23.2 Å². The SMILES string of the molecule is CCNC(=NCc1cc(Cl)c(Cl)n1C)NCc1nccn1Cc1ccccc1. The lowest BCUT2D eigenvalue weighted by Gasteiger charge is -2.13. The third kappa shape index (κ3) is 5.09. The molecular formula is C20H24Cl2N6. The fourth-order valence-corrected chi connectivity index (χ4v) is 3.25. The van der Waals surface area contributed by atoms with Crippen molar-refractivity contribution in [3.63, 3.8) is 0 Å². The lowest BCUT2D eigenvalue weighted by molar-refractivity contribution is 0.687. The Balaban J connectivity index is 1.65. The molecule has 3 aromatic rings. The summed E-state index contributed by atoms with van der Waals surface area (Å²) < 4.78 is 3.96. The zero-order chi connectivity index (χ0) is 19.9. The van der Waals surface area contributed by atoms with Crippen molar-refractivity contribution in [3.8, 4) is 0 Å². The van der Waals surface area contributed by atoms with E-state index in [9.17, 15) is 0 Å². The predicted octanol–water partition coefficient (Wildman–Crippen LogP) is 3.83. The Kier molecular flexibility index (Phi) is 7.01. The highest BCUT2D eigenvalue weighted by molar-refractivity contribution is 6.41. The molecule has 0 bridgehead atoms. The van der Waals surface area contributed by atoms with Gasteiger partial charge in [0.25, 0.3) is 0 Å². The first-order valence-corrected chi connectivity index (χ1v) is 9.89. The van der Waals surface area contributed by atoms with Crippen molar-refractivity contribution in [1.82, 2.24) is 24.8 Å². The van der Waals surface area contributed by atoms with Crippen molar-refractivity contribution in [2.45, 2.75) is 26.6 Å². The largest absolute Gasteiger partial charge is 0.357 e. The molecule has 0 saturated heterocycles. The minimum absolute atomic E-state index is 0.469. The van der Waals surface area contributed by atoms with Crippen LogP contribution in [0.3, 0.4) is 0 Å². The molecule has 0 amide bonds. The molecule has 2 heterocycles. The van der Waals surface area contributed by atoms with Crippen LogP contribution in [0.4, 0.5) is 0 Å². The monoisotopic (exact) mass is 418 g/mol. The van der Waals surface area contributed by atoms with Gasteiger partial charge in [-0.3, -0.25) is 0 Å². The van der Waals surface area contributed by atoms with E-state index in [0.717, 1.165) is 24.6 Å². The van der Waals surface area contributed by atoms with E-state index in [4.69, 9.17) is 23.2 Å². The number of benzene rings is 1. The molecule has 1 aromatic carbocycles. The number of imidazole rings is 1. The van der Waals surface area contributed by atoms with Gasteiger partial charge < -0.3 is 19.8 Å². The van der Waals surface area contributed by atoms with E-state index in [1.54, 1.807) is 0 Å². The Morgan fingerprint density at radius 1 is 1.18 bits per heavy atom. The molecule has 2 aromatic heterocycles. The summed E-state index contributed by atoms with van der Waals surface area (Å²) >= 11 is 12.2. The number of nitrogens with zero attached hydrogens (tertiary/aromatic N) is 4. The van der Waals surface area contributed by atoms with E-state index < -0.39 is 0 Å². The number of nitrogens with one attached hydrogen (secondary N) is 2. The molecule has 0 aliphatic carbocycles. The Morgan fingerprint density at radius 2 is 1.96 bits per heavy atom. The van der Waals surface area contributed by atoms with Gasteiger partial charge in [-0.2, -0.15) is 0 Å². The smallest absolute Gasteiger partial charge is 0.192 e. The van der Waals surface area contributed by atoms with E-state index >= 15 is 0 Å². The molecule has 148 valence electrons. The van der Waals surface area contributed by atoms with Crippen molar-refractivity contribution in [2.75, 3.05) is 6.54 Å². The van der Waals surface area contributed by atoms with Crippen LogP contribution < -0.4 is 10.6 Å². The zero-order valence-corrected chi connectivity index (χ0v) is 17.5. The fourth-order valence-electron chi connectivity index (χ4n) is 2.84. The van der Waals surface area contributed by atoms with Gasteiger partial charge in [-0.15, -0.1) is 0 Å². The number of aliphatic imine (C=N–C) groups is 1. The predicted molar refractivity (Wildman–Crippen MR) is 115 cm³/mol. The van der Waals surface area contributed by atoms with E-state index in [-0.39, 0.29) is 0 Å². The third-order valence-corrected chi connectivity index (χ3v) is 5.21. The average Bonchev–Trinajstić information content (AvgIpc) is 3.24. The molecule has 3 rings (SSSR count). The first-order valence-electron chi connectivity index (χ1n) is 9.14. The second-order valence-corrected chi connectivity index (χ2v) is 7.10. The number of hydrogen-bond donors (Lipinski definition) is 2. The Hall–Kier alpha value is -2.44. The van der Waals surface area contributed by atoms with Crippen LogP contribution in [0.15, 0.2) is 53.8 Å². The van der Waals surface area contributed by atoms with Crippen molar-refractivity contribution >= 4 is 29.2 Å². The van der Waals surface area contributed by atoms with E-state index in [0.29, 0.717) is 29.2 Å². The molecule has 0 radical (unpaired) electrons. The van der Waals surface area contributed by atoms with Crippen LogP contribution in [0.2, 0.25) is 10.2 Å². The van der Waals surface area contributed by atoms with E-state index in [1.165, 1.54) is 5.56 Å². The van der Waals surface area contributed by atoms with Gasteiger partial charge in [-0.05, 0) is 18.6 Å². The summed E-state index contributed by atoms with van der Waals surface area (Å²) in [6.45, 7) is 4.62. The summed E-state index contributed by atoms with van der Waals surface area (Å²) in [5.41, 5.74) is 2.18. The maximum Gasteiger partial charge on any atom is 0.192 e. The maximum atomic E-state index is 6.13. The molecule has 8 heteroatoms. The Morgan fingerprint density at radius 3 is 2.64 bits per heavy atom. The molecule has 0 aliphatic rings. The topological polar surface area (TPSA) is 59.2 Å². The molecule has 0 fully saturated rings. The van der Waals surface area contributed by atoms with E-state index in [2.05, 4.69) is 37.3 Å². The van der Waals surface area contributed by atoms with Crippen LogP contribution in [-0.4, -0.2) is 26.6 Å². The summed E-state index contributed by atoms with van der Waals surface area (Å²) in [5.74, 6) is 1.66. The van der Waals surface area contributed by atoms with Gasteiger partial charge in [0.15, 0.2) is 5.96 Å². The minimum Gasteiger partial charge on any atom is -0.357 e. The lowest BCUT2D eigenvalue weighted by atomic mass is 10.2. The van der Waals surface area contributed by atoms with Crippen molar-refractivity contribution in [3.05, 3.63) is 76.0 Å². The maximum absolute atomic E-state index is 6.13. The van der Waals surface area contributed by atoms with Crippen molar-refractivity contribution in [2.24, 2.45) is 12.0 Å². The molecular weight excluding hydrogens is 395 g/mol. The molecule has 0 aliphatic heterocycles. The van der Waals surface area contributed by atoms with Crippen LogP contribution in [-0.2, 0) is 26.7 Å². The quantitative estimate of drug-likeness (QED) is 0.452. The highest BCUT2D eigenvalue weighted by Gasteiger charge is 2.09. The first-order chi connectivity index (χ1) is 13.6. The number of hydrogen-bond acceptors (Lipinski definition) is 2. The number of aromatic nitrogens is 3. The van der Waals surface area contributed by atoms with E-state index in [1.807, 2.05) is 55.2 Å². The van der Waals surface area contributed by atoms with Gasteiger partial charge in [0, 0.05) is 38.2 Å². The standard InChI is InChI=1S/C20H24Cl2N6/c1-3-23-20(25-12-16-11-17(21)19(22)27(16)2)26-13-18-24-9-10-28(18)14-15-7-5-4-6-8-15/h4-11H,3,12-14H2,1-2H3,(H2,23,25,26). The average molecular weight is 419 g/mol. The second kappa shape index (κ2) is 9.66. The van der Waals surface area contributed by atoms with Gasteiger partial charge in [0.05, 0.1) is 18.1 Å². The molecule has 0 unspecified atom stereocenters. The summed E-state index contributed by atoms with van der Waals surface area (Å²) in [6, 6.07) is 12.2. The summed E-state index contributed by atoms with van der Waals surface area (Å²) in [6.07, 6.45) is 3.81. The van der Waals surface area contributed by atoms with Crippen LogP contribution in [0.1, 0.15) is 24.0 Å². The first kappa shape index (κ1) is 20.3. The highest BCUT2D eigenvalue weighted by atomic mass is 35.5. The zero-order valence-electron chi connectivity index (χ0n) is 16.0. The fraction of sp³-hybridized carbons (Fsp3) is 0.300. The van der Waals surface area contributed by atoms with Crippen LogP contribution in [0.25, 0.3) is 0 Å². The van der Waals surface area contributed by atoms with Gasteiger partial charge in [0.1, 0.15) is 11.0 Å². The summed E-state index contributed by atoms with van der Waals surface area (Å²) in [4.78, 5) is 9.10. The number of halogens is 2. The van der Waals surface area contributed by atoms with Crippen molar-refractivity contribution < 1.29 is 0 Å². The van der Waals surface area contributed by atoms with Gasteiger partial charge in [-0.1, -0.05) is 53.5 Å². The lowest BCUT2D eigenvalue weighted by Crippen LogP contribution is -2.37. The van der Waals surface area contributed by atoms with Gasteiger partial charge >= 0.3 is 0 Å². The van der Waals surface area contributed by atoms with Crippen molar-refractivity contribution in [1.29, 1.82) is 0 Å². The van der Waals surface area contributed by atoms with Gasteiger partial charge in [0.2, 0.25) is 0 Å². The summed E-state index contributed by atoms with van der Waals surface area (Å²) in [7, 11) is 1.87. The Bertz CT molecular complexity index is 930. The minimum atomic E-state index is 0.469. The highest BCUT2D eigenvalue weighted by Crippen LogP contribution is 2.25. The third-order valence-electron chi connectivity index (χ3n) is 4.37. The second-order valence-electron chi connectivity index (χ2n) is 6.34. The summed E-state index contributed by atoms with van der Waals surface area (Å²) in [5, 5.41) is 7.65. The molecule has 0 saturated carbocycles. The normalized spacial score (nSPS) is 11.6. The van der Waals surface area contributed by atoms with Gasteiger partial charge in [-0.25, -0.2) is 9.98 Å². The number of guanidine groups is 1. The number of rotatable bonds is 7. The molecule has 6 nitrogen and oxygen atoms in total.